The first-order chi connectivity index (χ1) is 16.7. The second-order valence-electron chi connectivity index (χ2n) is 7.84. The van der Waals surface area contributed by atoms with E-state index in [-0.39, 0.29) is 28.8 Å². The largest absolute Gasteiger partial charge is 0.477 e. The first kappa shape index (κ1) is 24.2. The standard InChI is InChI=1S/C25H19ClF2N2O5/c26-20-11-14(22(31)29-13-25(27,28)23(32)33)9-10-21(20)30-24(34)35-12-19-17-7-3-1-5-15(17)16-6-2-4-8-18(16)19/h1-11,19H,12-13H2,(H,29,31)(H,30,34)(H,32,33). The van der Waals surface area contributed by atoms with Gasteiger partial charge >= 0.3 is 18.0 Å². The van der Waals surface area contributed by atoms with Crippen LogP contribution in [0.3, 0.4) is 0 Å². The Bertz CT molecular complexity index is 1270. The number of halogens is 3. The topological polar surface area (TPSA) is 105 Å². The predicted octanol–water partition coefficient (Wildman–Crippen LogP) is 5.15. The molecule has 10 heteroatoms. The molecular formula is C25H19ClF2N2O5. The number of ether oxygens (including phenoxy) is 1. The Balaban J connectivity index is 1.38. The minimum absolute atomic E-state index is 0.0313. The molecule has 0 spiro atoms. The average Bonchev–Trinajstić information content (AvgIpc) is 3.16. The molecule has 0 radical (unpaired) electrons. The van der Waals surface area contributed by atoms with E-state index in [1.807, 2.05) is 53.8 Å². The first-order valence-electron chi connectivity index (χ1n) is 10.5. The van der Waals surface area contributed by atoms with E-state index in [1.165, 1.54) is 12.1 Å². The van der Waals surface area contributed by atoms with Crippen molar-refractivity contribution in [2.75, 3.05) is 18.5 Å². The summed E-state index contributed by atoms with van der Waals surface area (Å²) >= 11 is 6.13. The Morgan fingerprint density at radius 3 is 2.14 bits per heavy atom. The van der Waals surface area contributed by atoms with Crippen molar-refractivity contribution in [3.05, 3.63) is 88.4 Å². The Labute approximate surface area is 203 Å². The van der Waals surface area contributed by atoms with Crippen LogP contribution in [-0.4, -0.2) is 42.2 Å². The SMILES string of the molecule is O=C(Nc1ccc(C(=O)NCC(F)(F)C(=O)O)cc1Cl)OCC1c2ccccc2-c2ccccc21. The second kappa shape index (κ2) is 9.71. The lowest BCUT2D eigenvalue weighted by molar-refractivity contribution is -0.163. The van der Waals surface area contributed by atoms with Gasteiger partial charge in [-0.3, -0.25) is 10.1 Å². The van der Waals surface area contributed by atoms with Crippen molar-refractivity contribution in [3.8, 4) is 11.1 Å². The molecule has 4 rings (SSSR count). The number of carbonyl (C=O) groups is 3. The molecule has 0 bridgehead atoms. The molecule has 35 heavy (non-hydrogen) atoms. The molecule has 0 saturated carbocycles. The van der Waals surface area contributed by atoms with Crippen molar-refractivity contribution in [1.29, 1.82) is 0 Å². The van der Waals surface area contributed by atoms with E-state index < -0.39 is 30.4 Å². The smallest absolute Gasteiger partial charge is 0.411 e. The highest BCUT2D eigenvalue weighted by Crippen LogP contribution is 2.44. The van der Waals surface area contributed by atoms with Gasteiger partial charge in [-0.15, -0.1) is 0 Å². The van der Waals surface area contributed by atoms with Crippen molar-refractivity contribution >= 4 is 35.3 Å². The van der Waals surface area contributed by atoms with Crippen molar-refractivity contribution in [2.24, 2.45) is 0 Å². The number of nitrogens with one attached hydrogen (secondary N) is 2. The van der Waals surface area contributed by atoms with Crippen LogP contribution in [0.2, 0.25) is 5.02 Å². The van der Waals surface area contributed by atoms with Crippen LogP contribution in [0.15, 0.2) is 66.7 Å². The number of amides is 2. The number of carboxylic acids is 1. The fraction of sp³-hybridized carbons (Fsp3) is 0.160. The Morgan fingerprint density at radius 2 is 1.57 bits per heavy atom. The van der Waals surface area contributed by atoms with E-state index in [1.54, 1.807) is 0 Å². The van der Waals surface area contributed by atoms with Crippen molar-refractivity contribution in [3.63, 3.8) is 0 Å². The Hall–Kier alpha value is -3.98. The lowest BCUT2D eigenvalue weighted by atomic mass is 9.98. The zero-order valence-electron chi connectivity index (χ0n) is 18.1. The summed E-state index contributed by atoms with van der Waals surface area (Å²) in [6.45, 7) is -1.28. The molecule has 3 aromatic carbocycles. The van der Waals surface area contributed by atoms with E-state index in [0.717, 1.165) is 28.3 Å². The second-order valence-corrected chi connectivity index (χ2v) is 8.24. The third-order valence-corrected chi connectivity index (χ3v) is 5.91. The zero-order valence-corrected chi connectivity index (χ0v) is 18.8. The van der Waals surface area contributed by atoms with E-state index in [2.05, 4.69) is 5.32 Å². The molecule has 7 nitrogen and oxygen atoms in total. The monoisotopic (exact) mass is 500 g/mol. The van der Waals surface area contributed by atoms with E-state index >= 15 is 0 Å². The molecule has 1 aliphatic carbocycles. The van der Waals surface area contributed by atoms with Crippen LogP contribution in [0, 0.1) is 0 Å². The average molecular weight is 501 g/mol. The quantitative estimate of drug-likeness (QED) is 0.416. The number of rotatable bonds is 7. The van der Waals surface area contributed by atoms with Gasteiger partial charge in [-0.05, 0) is 40.5 Å². The van der Waals surface area contributed by atoms with E-state index in [9.17, 15) is 23.2 Å². The van der Waals surface area contributed by atoms with Crippen LogP contribution < -0.4 is 10.6 Å². The van der Waals surface area contributed by atoms with Gasteiger partial charge in [-0.25, -0.2) is 9.59 Å². The number of carbonyl (C=O) groups excluding carboxylic acids is 2. The molecule has 180 valence electrons. The van der Waals surface area contributed by atoms with Gasteiger partial charge in [0, 0.05) is 11.5 Å². The van der Waals surface area contributed by atoms with Crippen LogP contribution in [0.5, 0.6) is 0 Å². The molecule has 0 saturated heterocycles. The maximum Gasteiger partial charge on any atom is 0.411 e. The van der Waals surface area contributed by atoms with Crippen molar-refractivity contribution in [1.82, 2.24) is 5.32 Å². The van der Waals surface area contributed by atoms with Gasteiger partial charge in [0.15, 0.2) is 0 Å². The number of aliphatic carboxylic acids is 1. The maximum absolute atomic E-state index is 13.2. The summed E-state index contributed by atoms with van der Waals surface area (Å²) in [6.07, 6.45) is -0.757. The van der Waals surface area contributed by atoms with Crippen LogP contribution >= 0.6 is 11.6 Å². The minimum atomic E-state index is -4.11. The highest BCUT2D eigenvalue weighted by atomic mass is 35.5. The zero-order chi connectivity index (χ0) is 25.2. The summed E-state index contributed by atoms with van der Waals surface area (Å²) in [4.78, 5) is 34.9. The van der Waals surface area contributed by atoms with E-state index in [0.29, 0.717) is 0 Å². The highest BCUT2D eigenvalue weighted by molar-refractivity contribution is 6.34. The number of fused-ring (bicyclic) bond motifs is 3. The van der Waals surface area contributed by atoms with Gasteiger partial charge in [0.25, 0.3) is 5.91 Å². The number of hydrogen-bond donors (Lipinski definition) is 3. The lowest BCUT2D eigenvalue weighted by Crippen LogP contribution is -2.42. The number of carboxylic acid groups (broad SMARTS) is 1. The van der Waals surface area contributed by atoms with Crippen LogP contribution in [0.25, 0.3) is 11.1 Å². The normalized spacial score (nSPS) is 12.4. The van der Waals surface area contributed by atoms with Crippen LogP contribution in [-0.2, 0) is 9.53 Å². The number of benzene rings is 3. The van der Waals surface area contributed by atoms with Gasteiger partial charge in [0.2, 0.25) is 0 Å². The molecular weight excluding hydrogens is 482 g/mol. The number of anilines is 1. The summed E-state index contributed by atoms with van der Waals surface area (Å²) in [5.74, 6) is -7.52. The summed E-state index contributed by atoms with van der Waals surface area (Å²) in [5, 5.41) is 12.7. The summed E-state index contributed by atoms with van der Waals surface area (Å²) in [6, 6.07) is 19.5. The summed E-state index contributed by atoms with van der Waals surface area (Å²) in [7, 11) is 0. The van der Waals surface area contributed by atoms with Gasteiger partial charge < -0.3 is 15.2 Å². The predicted molar refractivity (Wildman–Crippen MR) is 125 cm³/mol. The fourth-order valence-electron chi connectivity index (χ4n) is 3.87. The summed E-state index contributed by atoms with van der Waals surface area (Å²) in [5.41, 5.74) is 4.36. The van der Waals surface area contributed by atoms with Crippen LogP contribution in [0.4, 0.5) is 19.3 Å². The Kier molecular flexibility index (Phi) is 6.70. The summed E-state index contributed by atoms with van der Waals surface area (Å²) < 4.78 is 31.8. The Morgan fingerprint density at radius 1 is 0.971 bits per heavy atom. The lowest BCUT2D eigenvalue weighted by Gasteiger charge is -2.15. The molecule has 0 atom stereocenters. The molecule has 0 aliphatic heterocycles. The highest BCUT2D eigenvalue weighted by Gasteiger charge is 2.39. The fourth-order valence-corrected chi connectivity index (χ4v) is 4.10. The third kappa shape index (κ3) is 5.09. The van der Waals surface area contributed by atoms with Gasteiger partial charge in [0.1, 0.15) is 6.61 Å². The molecule has 3 aromatic rings. The van der Waals surface area contributed by atoms with E-state index in [4.69, 9.17) is 21.4 Å². The van der Waals surface area contributed by atoms with Crippen molar-refractivity contribution < 1.29 is 33.0 Å². The van der Waals surface area contributed by atoms with Gasteiger partial charge in [-0.2, -0.15) is 8.78 Å². The third-order valence-electron chi connectivity index (χ3n) is 5.60. The molecule has 0 aromatic heterocycles. The maximum atomic E-state index is 13.2. The molecule has 3 N–H and O–H groups in total. The molecule has 2 amide bonds. The molecule has 1 aliphatic rings. The molecule has 0 heterocycles. The molecule has 0 unspecified atom stereocenters. The van der Waals surface area contributed by atoms with Crippen LogP contribution in [0.1, 0.15) is 27.4 Å². The first-order valence-corrected chi connectivity index (χ1v) is 10.9. The number of alkyl halides is 2. The minimum Gasteiger partial charge on any atom is -0.477 e. The van der Waals surface area contributed by atoms with Gasteiger partial charge in [0.05, 0.1) is 17.3 Å². The van der Waals surface area contributed by atoms with Crippen molar-refractivity contribution in [2.45, 2.75) is 11.8 Å². The number of hydrogen-bond acceptors (Lipinski definition) is 4. The van der Waals surface area contributed by atoms with Gasteiger partial charge in [-0.1, -0.05) is 60.1 Å². The molecule has 0 fully saturated rings.